The van der Waals surface area contributed by atoms with Crippen LogP contribution in [0.15, 0.2) is 29.3 Å². The van der Waals surface area contributed by atoms with Crippen LogP contribution in [0.3, 0.4) is 0 Å². The first-order chi connectivity index (χ1) is 12.6. The van der Waals surface area contributed by atoms with Gasteiger partial charge in [0.25, 0.3) is 0 Å². The number of benzene rings is 1. The summed E-state index contributed by atoms with van der Waals surface area (Å²) in [5, 5.41) is 6.66. The summed E-state index contributed by atoms with van der Waals surface area (Å²) in [5.41, 5.74) is 0.694. The minimum atomic E-state index is -2.83. The van der Waals surface area contributed by atoms with Crippen LogP contribution in [0.2, 0.25) is 0 Å². The summed E-state index contributed by atoms with van der Waals surface area (Å²) < 4.78 is 34.9. The highest BCUT2D eigenvalue weighted by Crippen LogP contribution is 2.31. The van der Waals surface area contributed by atoms with Gasteiger partial charge >= 0.3 is 6.61 Å². The van der Waals surface area contributed by atoms with Gasteiger partial charge < -0.3 is 25.0 Å². The molecule has 2 rings (SSSR count). The average Bonchev–Trinajstić information content (AvgIpc) is 3.07. The van der Waals surface area contributed by atoms with E-state index in [0.717, 1.165) is 31.9 Å². The number of halogens is 2. The first-order valence-electron chi connectivity index (χ1n) is 8.96. The zero-order chi connectivity index (χ0) is 18.8. The van der Waals surface area contributed by atoms with Gasteiger partial charge in [0.1, 0.15) is 5.75 Å². The van der Waals surface area contributed by atoms with Crippen LogP contribution < -0.4 is 20.3 Å². The fraction of sp³-hybridized carbons (Fsp3) is 0.611. The average molecular weight is 370 g/mol. The van der Waals surface area contributed by atoms with E-state index < -0.39 is 6.61 Å². The maximum Gasteiger partial charge on any atom is 0.387 e. The highest BCUT2D eigenvalue weighted by atomic mass is 19.3. The molecule has 1 aromatic rings. The van der Waals surface area contributed by atoms with Crippen LogP contribution >= 0.6 is 0 Å². The third-order valence-electron chi connectivity index (χ3n) is 4.07. The van der Waals surface area contributed by atoms with Crippen LogP contribution in [0.5, 0.6) is 5.75 Å². The number of alkyl halides is 2. The van der Waals surface area contributed by atoms with E-state index >= 15 is 0 Å². The summed E-state index contributed by atoms with van der Waals surface area (Å²) in [6.07, 6.45) is 1.76. The van der Waals surface area contributed by atoms with Gasteiger partial charge in [0.05, 0.1) is 5.69 Å². The molecule has 1 aliphatic rings. The Morgan fingerprint density at radius 2 is 2.19 bits per heavy atom. The van der Waals surface area contributed by atoms with Gasteiger partial charge in [0.15, 0.2) is 5.96 Å². The van der Waals surface area contributed by atoms with Crippen LogP contribution in [0.25, 0.3) is 0 Å². The normalized spacial score (nSPS) is 17.7. The molecular weight excluding hydrogens is 342 g/mol. The van der Waals surface area contributed by atoms with Crippen LogP contribution in [0, 0.1) is 0 Å². The van der Waals surface area contributed by atoms with Crippen LogP contribution in [0.1, 0.15) is 19.8 Å². The number of methoxy groups -OCH3 is 1. The molecule has 0 radical (unpaired) electrons. The van der Waals surface area contributed by atoms with Gasteiger partial charge in [0.2, 0.25) is 0 Å². The van der Waals surface area contributed by atoms with Crippen molar-refractivity contribution in [2.24, 2.45) is 4.99 Å². The van der Waals surface area contributed by atoms with Crippen molar-refractivity contribution in [2.75, 3.05) is 44.8 Å². The standard InChI is InChI=1S/C18H28F2N4O2/c1-3-21-18(22-10-6-12-25-2)23-14-9-11-24(13-14)15-7-4-5-8-16(15)26-17(19)20/h4-5,7-8,14,17H,3,6,9-13H2,1-2H3,(H2,21,22,23). The predicted molar refractivity (Wildman–Crippen MR) is 99.3 cm³/mol. The lowest BCUT2D eigenvalue weighted by molar-refractivity contribution is -0.0495. The molecule has 1 unspecified atom stereocenters. The predicted octanol–water partition coefficient (Wildman–Crippen LogP) is 2.46. The summed E-state index contributed by atoms with van der Waals surface area (Å²) in [6, 6.07) is 7.10. The molecule has 146 valence electrons. The number of nitrogens with one attached hydrogen (secondary N) is 2. The van der Waals surface area contributed by atoms with Crippen molar-refractivity contribution in [1.29, 1.82) is 0 Å². The van der Waals surface area contributed by atoms with E-state index in [4.69, 9.17) is 4.74 Å². The molecule has 0 spiro atoms. The maximum absolute atomic E-state index is 12.6. The van der Waals surface area contributed by atoms with Crippen LogP contribution in [0.4, 0.5) is 14.5 Å². The number of para-hydroxylation sites is 2. The molecule has 0 bridgehead atoms. The highest BCUT2D eigenvalue weighted by Gasteiger charge is 2.25. The van der Waals surface area contributed by atoms with Crippen molar-refractivity contribution in [2.45, 2.75) is 32.4 Å². The summed E-state index contributed by atoms with van der Waals surface area (Å²) in [7, 11) is 1.68. The number of ether oxygens (including phenoxy) is 2. The molecule has 0 aromatic heterocycles. The Bertz CT molecular complexity index is 572. The fourth-order valence-corrected chi connectivity index (χ4v) is 2.92. The highest BCUT2D eigenvalue weighted by molar-refractivity contribution is 5.80. The quantitative estimate of drug-likeness (QED) is 0.397. The number of anilines is 1. The third kappa shape index (κ3) is 6.33. The second-order valence-electron chi connectivity index (χ2n) is 6.03. The summed E-state index contributed by atoms with van der Waals surface area (Å²) in [6.45, 7) is 2.80. The lowest BCUT2D eigenvalue weighted by Gasteiger charge is -2.22. The largest absolute Gasteiger partial charge is 0.433 e. The molecule has 0 saturated carbocycles. The van der Waals surface area contributed by atoms with E-state index in [2.05, 4.69) is 25.3 Å². The van der Waals surface area contributed by atoms with Crippen LogP contribution in [-0.4, -0.2) is 58.5 Å². The Hall–Kier alpha value is -2.09. The van der Waals surface area contributed by atoms with E-state index in [9.17, 15) is 8.78 Å². The van der Waals surface area contributed by atoms with Crippen molar-refractivity contribution in [3.63, 3.8) is 0 Å². The Kier molecular flexibility index (Phi) is 8.40. The monoisotopic (exact) mass is 370 g/mol. The van der Waals surface area contributed by atoms with E-state index in [-0.39, 0.29) is 11.8 Å². The molecule has 8 heteroatoms. The van der Waals surface area contributed by atoms with Gasteiger partial charge in [-0.25, -0.2) is 0 Å². The Morgan fingerprint density at radius 1 is 1.38 bits per heavy atom. The molecule has 1 saturated heterocycles. The van der Waals surface area contributed by atoms with Crippen molar-refractivity contribution in [1.82, 2.24) is 10.6 Å². The summed E-state index contributed by atoms with van der Waals surface area (Å²) in [4.78, 5) is 6.60. The van der Waals surface area contributed by atoms with E-state index in [1.165, 1.54) is 0 Å². The van der Waals surface area contributed by atoms with Crippen molar-refractivity contribution in [3.8, 4) is 5.75 Å². The molecule has 1 aromatic carbocycles. The van der Waals surface area contributed by atoms with Gasteiger partial charge in [-0.15, -0.1) is 0 Å². The number of guanidine groups is 1. The number of hydrogen-bond donors (Lipinski definition) is 2. The third-order valence-corrected chi connectivity index (χ3v) is 4.07. The number of hydrogen-bond acceptors (Lipinski definition) is 4. The molecule has 1 heterocycles. The van der Waals surface area contributed by atoms with E-state index in [0.29, 0.717) is 25.4 Å². The maximum atomic E-state index is 12.6. The number of rotatable bonds is 9. The molecule has 1 atom stereocenters. The smallest absolute Gasteiger partial charge is 0.387 e. The zero-order valence-electron chi connectivity index (χ0n) is 15.4. The fourth-order valence-electron chi connectivity index (χ4n) is 2.92. The first-order valence-corrected chi connectivity index (χ1v) is 8.96. The van der Waals surface area contributed by atoms with Crippen molar-refractivity contribution < 1.29 is 18.3 Å². The second-order valence-corrected chi connectivity index (χ2v) is 6.03. The molecule has 1 fully saturated rings. The molecular formula is C18H28F2N4O2. The van der Waals surface area contributed by atoms with Crippen LogP contribution in [-0.2, 0) is 4.74 Å². The van der Waals surface area contributed by atoms with Gasteiger partial charge in [-0.1, -0.05) is 12.1 Å². The Morgan fingerprint density at radius 3 is 2.92 bits per heavy atom. The number of nitrogens with zero attached hydrogens (tertiary/aromatic N) is 2. The molecule has 0 amide bonds. The minimum absolute atomic E-state index is 0.190. The molecule has 0 aliphatic carbocycles. The topological polar surface area (TPSA) is 58.1 Å². The first kappa shape index (κ1) is 20.2. The molecule has 1 aliphatic heterocycles. The van der Waals surface area contributed by atoms with Gasteiger partial charge in [-0.05, 0) is 31.9 Å². The minimum Gasteiger partial charge on any atom is -0.433 e. The molecule has 6 nitrogen and oxygen atoms in total. The second kappa shape index (κ2) is 10.8. The van der Waals surface area contributed by atoms with Gasteiger partial charge in [0, 0.05) is 45.9 Å². The van der Waals surface area contributed by atoms with Crippen molar-refractivity contribution >= 4 is 11.6 Å². The van der Waals surface area contributed by atoms with E-state index in [1.807, 2.05) is 19.1 Å². The zero-order valence-corrected chi connectivity index (χ0v) is 15.4. The lowest BCUT2D eigenvalue weighted by Crippen LogP contribution is -2.44. The summed E-state index contributed by atoms with van der Waals surface area (Å²) >= 11 is 0. The SMILES string of the molecule is CCNC(=NCCCOC)NC1CCN(c2ccccc2OC(F)F)C1. The Balaban J connectivity index is 1.94. The Labute approximate surface area is 153 Å². The van der Waals surface area contributed by atoms with Gasteiger partial charge in [-0.3, -0.25) is 4.99 Å². The van der Waals surface area contributed by atoms with E-state index in [1.54, 1.807) is 19.2 Å². The van der Waals surface area contributed by atoms with Gasteiger partial charge in [-0.2, -0.15) is 8.78 Å². The molecule has 2 N–H and O–H groups in total. The molecule has 26 heavy (non-hydrogen) atoms. The lowest BCUT2D eigenvalue weighted by atomic mass is 10.2. The number of aliphatic imine (C=N–C) groups is 1. The summed E-state index contributed by atoms with van der Waals surface area (Å²) in [5.74, 6) is 0.982. The van der Waals surface area contributed by atoms with Crippen molar-refractivity contribution in [3.05, 3.63) is 24.3 Å².